The summed E-state index contributed by atoms with van der Waals surface area (Å²) < 4.78 is 0.979. The lowest BCUT2D eigenvalue weighted by Gasteiger charge is -2.14. The highest BCUT2D eigenvalue weighted by Gasteiger charge is 2.24. The van der Waals surface area contributed by atoms with E-state index in [1.54, 1.807) is 6.08 Å². The first kappa shape index (κ1) is 15.3. The van der Waals surface area contributed by atoms with Gasteiger partial charge in [-0.1, -0.05) is 34.5 Å². The third-order valence-electron chi connectivity index (χ3n) is 3.73. The average molecular weight is 338 g/mol. The van der Waals surface area contributed by atoms with Gasteiger partial charge in [0.15, 0.2) is 0 Å². The summed E-state index contributed by atoms with van der Waals surface area (Å²) in [4.78, 5) is 11.8. The lowest BCUT2D eigenvalue weighted by Crippen LogP contribution is -2.31. The van der Waals surface area contributed by atoms with Crippen molar-refractivity contribution in [2.75, 3.05) is 6.54 Å². The van der Waals surface area contributed by atoms with Crippen molar-refractivity contribution in [2.24, 2.45) is 5.92 Å². The van der Waals surface area contributed by atoms with E-state index in [1.807, 2.05) is 25.1 Å². The Labute approximate surface area is 128 Å². The number of amides is 1. The molecule has 4 heteroatoms. The Kier molecular flexibility index (Phi) is 5.38. The van der Waals surface area contributed by atoms with Gasteiger partial charge in [0, 0.05) is 23.0 Å². The second-order valence-corrected chi connectivity index (χ2v) is 6.22. The minimum Gasteiger partial charge on any atom is -0.393 e. The van der Waals surface area contributed by atoms with Crippen LogP contribution in [-0.4, -0.2) is 23.7 Å². The molecule has 0 saturated heterocycles. The van der Waals surface area contributed by atoms with Crippen LogP contribution in [0.2, 0.25) is 0 Å². The number of aryl methyl sites for hydroxylation is 1. The summed E-state index contributed by atoms with van der Waals surface area (Å²) in [6.07, 6.45) is 5.97. The zero-order valence-electron chi connectivity index (χ0n) is 11.6. The number of rotatable bonds is 4. The van der Waals surface area contributed by atoms with Crippen molar-refractivity contribution in [2.45, 2.75) is 32.3 Å². The Bertz CT molecular complexity index is 513. The van der Waals surface area contributed by atoms with Crippen LogP contribution < -0.4 is 5.32 Å². The van der Waals surface area contributed by atoms with Crippen LogP contribution in [0, 0.1) is 12.8 Å². The predicted molar refractivity (Wildman–Crippen MR) is 84.3 cm³/mol. The van der Waals surface area contributed by atoms with Gasteiger partial charge in [0.05, 0.1) is 6.10 Å². The van der Waals surface area contributed by atoms with Gasteiger partial charge in [0.1, 0.15) is 0 Å². The van der Waals surface area contributed by atoms with Crippen molar-refractivity contribution < 1.29 is 9.90 Å². The fraction of sp³-hybridized carbons (Fsp3) is 0.438. The first-order valence-corrected chi connectivity index (χ1v) is 7.75. The number of carbonyl (C=O) groups excluding carboxylic acids is 1. The molecule has 1 aliphatic carbocycles. The third-order valence-corrected chi connectivity index (χ3v) is 4.41. The molecule has 0 bridgehead atoms. The number of aliphatic hydroxyl groups is 1. The van der Waals surface area contributed by atoms with Gasteiger partial charge in [-0.05, 0) is 43.0 Å². The maximum Gasteiger partial charge on any atom is 0.244 e. The molecule has 1 aromatic rings. The molecule has 0 heterocycles. The van der Waals surface area contributed by atoms with E-state index < -0.39 is 0 Å². The zero-order valence-corrected chi connectivity index (χ0v) is 13.2. The van der Waals surface area contributed by atoms with Crippen LogP contribution in [0.15, 0.2) is 28.7 Å². The van der Waals surface area contributed by atoms with Gasteiger partial charge in [-0.25, -0.2) is 0 Å². The lowest BCUT2D eigenvalue weighted by molar-refractivity contribution is -0.116. The number of halogens is 1. The van der Waals surface area contributed by atoms with Crippen LogP contribution in [0.4, 0.5) is 0 Å². The number of hydrogen-bond acceptors (Lipinski definition) is 2. The van der Waals surface area contributed by atoms with Crippen molar-refractivity contribution in [3.8, 4) is 0 Å². The molecule has 1 amide bonds. The molecule has 3 nitrogen and oxygen atoms in total. The number of aliphatic hydroxyl groups excluding tert-OH is 1. The van der Waals surface area contributed by atoms with Gasteiger partial charge in [-0.15, -0.1) is 0 Å². The van der Waals surface area contributed by atoms with E-state index in [-0.39, 0.29) is 17.9 Å². The molecule has 2 atom stereocenters. The van der Waals surface area contributed by atoms with Crippen LogP contribution in [0.25, 0.3) is 6.08 Å². The molecule has 0 aliphatic heterocycles. The summed E-state index contributed by atoms with van der Waals surface area (Å²) in [5, 5.41) is 12.6. The highest BCUT2D eigenvalue weighted by atomic mass is 79.9. The van der Waals surface area contributed by atoms with Gasteiger partial charge < -0.3 is 10.4 Å². The van der Waals surface area contributed by atoms with Gasteiger partial charge in [0.25, 0.3) is 0 Å². The van der Waals surface area contributed by atoms with Crippen molar-refractivity contribution in [1.82, 2.24) is 5.32 Å². The van der Waals surface area contributed by atoms with Crippen molar-refractivity contribution in [1.29, 1.82) is 0 Å². The summed E-state index contributed by atoms with van der Waals surface area (Å²) in [6.45, 7) is 2.58. The van der Waals surface area contributed by atoms with Gasteiger partial charge in [0.2, 0.25) is 5.91 Å². The van der Waals surface area contributed by atoms with Crippen LogP contribution in [-0.2, 0) is 4.79 Å². The lowest BCUT2D eigenvalue weighted by atomic mass is 10.1. The Morgan fingerprint density at radius 2 is 2.30 bits per heavy atom. The van der Waals surface area contributed by atoms with Gasteiger partial charge in [-0.2, -0.15) is 0 Å². The van der Waals surface area contributed by atoms with E-state index in [4.69, 9.17) is 0 Å². The van der Waals surface area contributed by atoms with E-state index in [0.717, 1.165) is 29.3 Å². The molecule has 0 spiro atoms. The molecule has 0 aromatic heterocycles. The maximum atomic E-state index is 11.8. The van der Waals surface area contributed by atoms with Crippen LogP contribution in [0.1, 0.15) is 30.4 Å². The highest BCUT2D eigenvalue weighted by Crippen LogP contribution is 2.24. The fourth-order valence-electron chi connectivity index (χ4n) is 2.48. The van der Waals surface area contributed by atoms with E-state index in [1.165, 1.54) is 11.6 Å². The van der Waals surface area contributed by atoms with Crippen LogP contribution >= 0.6 is 15.9 Å². The van der Waals surface area contributed by atoms with Crippen molar-refractivity contribution >= 4 is 27.9 Å². The van der Waals surface area contributed by atoms with E-state index >= 15 is 0 Å². The molecule has 2 unspecified atom stereocenters. The Hall–Kier alpha value is -1.13. The molecule has 108 valence electrons. The van der Waals surface area contributed by atoms with Crippen molar-refractivity contribution in [3.63, 3.8) is 0 Å². The number of benzene rings is 1. The Morgan fingerprint density at radius 1 is 1.50 bits per heavy atom. The summed E-state index contributed by atoms with van der Waals surface area (Å²) >= 11 is 3.48. The van der Waals surface area contributed by atoms with Crippen LogP contribution in [0.3, 0.4) is 0 Å². The second-order valence-electron chi connectivity index (χ2n) is 5.36. The molecule has 2 N–H and O–H groups in total. The monoisotopic (exact) mass is 337 g/mol. The smallest absolute Gasteiger partial charge is 0.244 e. The summed E-state index contributed by atoms with van der Waals surface area (Å²) in [5.41, 5.74) is 2.15. The first-order chi connectivity index (χ1) is 9.56. The molecule has 2 rings (SSSR count). The quantitative estimate of drug-likeness (QED) is 0.829. The molecular weight excluding hydrogens is 318 g/mol. The maximum absolute atomic E-state index is 11.8. The van der Waals surface area contributed by atoms with E-state index in [2.05, 4.69) is 21.2 Å². The van der Waals surface area contributed by atoms with Gasteiger partial charge in [-0.3, -0.25) is 4.79 Å². The Balaban J connectivity index is 1.86. The Morgan fingerprint density at radius 3 is 2.95 bits per heavy atom. The van der Waals surface area contributed by atoms with E-state index in [9.17, 15) is 9.90 Å². The first-order valence-electron chi connectivity index (χ1n) is 6.96. The molecule has 1 aliphatic rings. The SMILES string of the molecule is Cc1ccc(C=CC(=O)NCC2CCCC2O)c(Br)c1. The molecule has 1 fully saturated rings. The topological polar surface area (TPSA) is 49.3 Å². The highest BCUT2D eigenvalue weighted by molar-refractivity contribution is 9.10. The molecule has 20 heavy (non-hydrogen) atoms. The minimum absolute atomic E-state index is 0.114. The molecule has 1 saturated carbocycles. The van der Waals surface area contributed by atoms with Crippen molar-refractivity contribution in [3.05, 3.63) is 39.9 Å². The normalized spacial score (nSPS) is 22.4. The third kappa shape index (κ3) is 4.18. The minimum atomic E-state index is -0.259. The fourth-order valence-corrected chi connectivity index (χ4v) is 3.10. The molecule has 0 radical (unpaired) electrons. The zero-order chi connectivity index (χ0) is 14.5. The summed E-state index contributed by atoms with van der Waals surface area (Å²) in [6, 6.07) is 6.01. The number of nitrogens with one attached hydrogen (secondary N) is 1. The van der Waals surface area contributed by atoms with Crippen LogP contribution in [0.5, 0.6) is 0 Å². The summed E-state index contributed by atoms with van der Waals surface area (Å²) in [5.74, 6) is 0.0926. The average Bonchev–Trinajstić information content (AvgIpc) is 2.81. The summed E-state index contributed by atoms with van der Waals surface area (Å²) in [7, 11) is 0. The molecule has 1 aromatic carbocycles. The second kappa shape index (κ2) is 7.04. The largest absolute Gasteiger partial charge is 0.393 e. The number of hydrogen-bond donors (Lipinski definition) is 2. The van der Waals surface area contributed by atoms with Gasteiger partial charge >= 0.3 is 0 Å². The predicted octanol–water partition coefficient (Wildman–Crippen LogP) is 3.05. The standard InChI is InChI=1S/C16H20BrNO2/c1-11-5-6-12(14(17)9-11)7-8-16(20)18-10-13-3-2-4-15(13)19/h5-9,13,15,19H,2-4,10H2,1H3,(H,18,20). The van der Waals surface area contributed by atoms with E-state index in [0.29, 0.717) is 6.54 Å². The number of carbonyl (C=O) groups is 1. The molecular formula is C16H20BrNO2.